The molecule has 0 aliphatic carbocycles. The number of rotatable bonds is 5. The van der Waals surface area contributed by atoms with Crippen molar-refractivity contribution in [1.29, 1.82) is 0 Å². The first kappa shape index (κ1) is 18.6. The first-order chi connectivity index (χ1) is 13.9. The van der Waals surface area contributed by atoms with Crippen molar-refractivity contribution < 1.29 is 21.8 Å². The fourth-order valence-electron chi connectivity index (χ4n) is 2.80. The lowest BCUT2D eigenvalue weighted by Crippen LogP contribution is -2.10. The topological polar surface area (TPSA) is 90.7 Å². The van der Waals surface area contributed by atoms with Gasteiger partial charge in [0, 0.05) is 22.6 Å². The average molecular weight is 406 g/mol. The molecular formula is C22H14O6S. The molecule has 4 rings (SSSR count). The van der Waals surface area contributed by atoms with Gasteiger partial charge in [0.2, 0.25) is 0 Å². The lowest BCUT2D eigenvalue weighted by Gasteiger charge is -2.08. The Morgan fingerprint density at radius 2 is 1.48 bits per heavy atom. The summed E-state index contributed by atoms with van der Waals surface area (Å²) in [6.45, 7) is 0. The van der Waals surface area contributed by atoms with Crippen molar-refractivity contribution in [2.24, 2.45) is 0 Å². The highest BCUT2D eigenvalue weighted by atomic mass is 32.2. The molecule has 1 heterocycles. The maximum atomic E-state index is 12.6. The van der Waals surface area contributed by atoms with Gasteiger partial charge in [-0.25, -0.2) is 4.79 Å². The van der Waals surface area contributed by atoms with Crippen molar-refractivity contribution in [3.05, 3.63) is 106 Å². The second-order valence-electron chi connectivity index (χ2n) is 6.21. The third kappa shape index (κ3) is 3.95. The smallest absolute Gasteiger partial charge is 0.339 e. The van der Waals surface area contributed by atoms with Crippen molar-refractivity contribution >= 4 is 26.9 Å². The number of hydrogen-bond acceptors (Lipinski definition) is 6. The van der Waals surface area contributed by atoms with E-state index in [1.165, 1.54) is 54.6 Å². The van der Waals surface area contributed by atoms with E-state index in [1.807, 2.05) is 6.07 Å². The number of benzene rings is 3. The van der Waals surface area contributed by atoms with Crippen LogP contribution in [0.4, 0.5) is 0 Å². The van der Waals surface area contributed by atoms with E-state index in [0.29, 0.717) is 16.5 Å². The maximum Gasteiger partial charge on any atom is 0.339 e. The summed E-state index contributed by atoms with van der Waals surface area (Å²) in [6.07, 6.45) is 0. The van der Waals surface area contributed by atoms with Gasteiger partial charge in [-0.2, -0.15) is 8.42 Å². The fraction of sp³-hybridized carbons (Fsp3) is 0. The molecule has 3 aromatic carbocycles. The van der Waals surface area contributed by atoms with Crippen LogP contribution in [-0.2, 0) is 10.1 Å². The molecule has 0 saturated carbocycles. The summed E-state index contributed by atoms with van der Waals surface area (Å²) < 4.78 is 35.3. The van der Waals surface area contributed by atoms with Gasteiger partial charge in [0.25, 0.3) is 0 Å². The fourth-order valence-corrected chi connectivity index (χ4v) is 3.77. The third-order valence-electron chi connectivity index (χ3n) is 4.24. The summed E-state index contributed by atoms with van der Waals surface area (Å²) in [5, 5.41) is 0.457. The standard InChI is InChI=1S/C22H14O6S/c23-21-13-8-17-14-19(11-12-20(17)27-21)29(25,26)28-18-9-6-16(7-10-18)22(24)15-4-2-1-3-5-15/h1-14H. The Hall–Kier alpha value is -3.71. The van der Waals surface area contributed by atoms with Crippen molar-refractivity contribution in [2.75, 3.05) is 0 Å². The molecule has 0 atom stereocenters. The molecule has 7 heteroatoms. The van der Waals surface area contributed by atoms with Crippen LogP contribution in [0.3, 0.4) is 0 Å². The van der Waals surface area contributed by atoms with Gasteiger partial charge in [-0.1, -0.05) is 30.3 Å². The van der Waals surface area contributed by atoms with Crippen LogP contribution in [-0.4, -0.2) is 14.2 Å². The molecule has 0 fully saturated rings. The van der Waals surface area contributed by atoms with E-state index >= 15 is 0 Å². The number of ketones is 1. The normalized spacial score (nSPS) is 11.3. The predicted molar refractivity (Wildman–Crippen MR) is 107 cm³/mol. The molecule has 6 nitrogen and oxygen atoms in total. The van der Waals surface area contributed by atoms with E-state index in [2.05, 4.69) is 0 Å². The summed E-state index contributed by atoms with van der Waals surface area (Å²) in [4.78, 5) is 23.6. The largest absolute Gasteiger partial charge is 0.423 e. The summed E-state index contributed by atoms with van der Waals surface area (Å²) >= 11 is 0. The minimum absolute atomic E-state index is 0.0781. The van der Waals surface area contributed by atoms with E-state index in [-0.39, 0.29) is 22.0 Å². The minimum atomic E-state index is -4.10. The van der Waals surface area contributed by atoms with E-state index in [1.54, 1.807) is 24.3 Å². The van der Waals surface area contributed by atoms with E-state index < -0.39 is 15.7 Å². The molecule has 0 radical (unpaired) electrons. The van der Waals surface area contributed by atoms with E-state index in [4.69, 9.17) is 8.60 Å². The van der Waals surface area contributed by atoms with Gasteiger partial charge >= 0.3 is 15.7 Å². The van der Waals surface area contributed by atoms with Crippen LogP contribution < -0.4 is 9.81 Å². The van der Waals surface area contributed by atoms with Crippen LogP contribution in [0.5, 0.6) is 5.75 Å². The van der Waals surface area contributed by atoms with Gasteiger partial charge in [-0.15, -0.1) is 0 Å². The minimum Gasteiger partial charge on any atom is -0.423 e. The first-order valence-electron chi connectivity index (χ1n) is 8.61. The highest BCUT2D eigenvalue weighted by Crippen LogP contribution is 2.23. The number of fused-ring (bicyclic) bond motifs is 1. The van der Waals surface area contributed by atoms with Crippen molar-refractivity contribution in [3.8, 4) is 5.75 Å². The number of hydrogen-bond donors (Lipinski definition) is 0. The van der Waals surface area contributed by atoms with Gasteiger partial charge < -0.3 is 8.60 Å². The average Bonchev–Trinajstić information content (AvgIpc) is 2.73. The molecule has 0 aliphatic rings. The van der Waals surface area contributed by atoms with Crippen LogP contribution in [0, 0.1) is 0 Å². The lowest BCUT2D eigenvalue weighted by atomic mass is 10.0. The predicted octanol–water partition coefficient (Wildman–Crippen LogP) is 3.79. The lowest BCUT2D eigenvalue weighted by molar-refractivity contribution is 0.103. The molecule has 0 spiro atoms. The zero-order valence-corrected chi connectivity index (χ0v) is 15.8. The highest BCUT2D eigenvalue weighted by molar-refractivity contribution is 7.87. The van der Waals surface area contributed by atoms with Crippen LogP contribution in [0.15, 0.2) is 99.0 Å². The molecule has 1 aromatic heterocycles. The quantitative estimate of drug-likeness (QED) is 0.285. The summed E-state index contributed by atoms with van der Waals surface area (Å²) in [5.41, 5.74) is 0.716. The SMILES string of the molecule is O=C(c1ccccc1)c1ccc(OS(=O)(=O)c2ccc3oc(=O)ccc3c2)cc1. The van der Waals surface area contributed by atoms with E-state index in [9.17, 15) is 18.0 Å². The Balaban J connectivity index is 1.57. The van der Waals surface area contributed by atoms with Crippen LogP contribution in [0.2, 0.25) is 0 Å². The van der Waals surface area contributed by atoms with Gasteiger partial charge in [0.1, 0.15) is 16.2 Å². The molecular weight excluding hydrogens is 392 g/mol. The van der Waals surface area contributed by atoms with Crippen molar-refractivity contribution in [1.82, 2.24) is 0 Å². The van der Waals surface area contributed by atoms with Gasteiger partial charge in [-0.05, 0) is 48.5 Å². The van der Waals surface area contributed by atoms with Crippen molar-refractivity contribution in [3.63, 3.8) is 0 Å². The third-order valence-corrected chi connectivity index (χ3v) is 5.48. The monoisotopic (exact) mass is 406 g/mol. The highest BCUT2D eigenvalue weighted by Gasteiger charge is 2.18. The first-order valence-corrected chi connectivity index (χ1v) is 10.0. The van der Waals surface area contributed by atoms with Gasteiger partial charge in [0.05, 0.1) is 0 Å². The van der Waals surface area contributed by atoms with Crippen LogP contribution in [0.1, 0.15) is 15.9 Å². The second-order valence-corrected chi connectivity index (χ2v) is 7.76. The number of carbonyl (C=O) groups excluding carboxylic acids is 1. The molecule has 0 aliphatic heterocycles. The van der Waals surface area contributed by atoms with Crippen molar-refractivity contribution in [2.45, 2.75) is 4.90 Å². The molecule has 4 aromatic rings. The zero-order chi connectivity index (χ0) is 20.4. The maximum absolute atomic E-state index is 12.6. The van der Waals surface area contributed by atoms with Crippen LogP contribution in [0.25, 0.3) is 11.0 Å². The molecule has 0 saturated heterocycles. The Morgan fingerprint density at radius 3 is 2.21 bits per heavy atom. The summed E-state index contributed by atoms with van der Waals surface area (Å²) in [6, 6.07) is 21.4. The Bertz CT molecular complexity index is 1350. The summed E-state index contributed by atoms with van der Waals surface area (Å²) in [7, 11) is -4.10. The second kappa shape index (κ2) is 7.37. The van der Waals surface area contributed by atoms with E-state index in [0.717, 1.165) is 0 Å². The molecule has 0 N–H and O–H groups in total. The molecule has 144 valence electrons. The summed E-state index contributed by atoms with van der Waals surface area (Å²) in [5.74, 6) is -0.0923. The van der Waals surface area contributed by atoms with Gasteiger partial charge in [-0.3, -0.25) is 4.79 Å². The van der Waals surface area contributed by atoms with Gasteiger partial charge in [0.15, 0.2) is 5.78 Å². The molecule has 29 heavy (non-hydrogen) atoms. The molecule has 0 amide bonds. The Morgan fingerprint density at radius 1 is 0.793 bits per heavy atom. The number of carbonyl (C=O) groups is 1. The Kier molecular flexibility index (Phi) is 4.74. The molecule has 0 bridgehead atoms. The Labute approximate surface area is 166 Å². The zero-order valence-electron chi connectivity index (χ0n) is 14.9. The van der Waals surface area contributed by atoms with Crippen LogP contribution >= 0.6 is 0 Å². The molecule has 0 unspecified atom stereocenters.